The number of nitrogens with one attached hydrogen (secondary N) is 1. The molecule has 0 aromatic heterocycles. The molecule has 3 N–H and O–H groups in total. The van der Waals surface area contributed by atoms with Gasteiger partial charge >= 0.3 is 0 Å². The molecule has 0 bridgehead atoms. The quantitative estimate of drug-likeness (QED) is 0.541. The molecule has 1 unspecified atom stereocenters. The van der Waals surface area contributed by atoms with Gasteiger partial charge in [0.05, 0.1) is 0 Å². The zero-order valence-electron chi connectivity index (χ0n) is 7.99. The Hall–Kier alpha value is -1.35. The Labute approximate surface area is 83.3 Å². The second-order valence-corrected chi connectivity index (χ2v) is 3.68. The Bertz CT molecular complexity index is 326. The van der Waals surface area contributed by atoms with Crippen LogP contribution in [0.15, 0.2) is 24.3 Å². The van der Waals surface area contributed by atoms with Crippen LogP contribution in [0.5, 0.6) is 0 Å². The summed E-state index contributed by atoms with van der Waals surface area (Å²) in [6.45, 7) is 1.76. The molecule has 3 heteroatoms. The van der Waals surface area contributed by atoms with Crippen LogP contribution in [0, 0.1) is 5.92 Å². The summed E-state index contributed by atoms with van der Waals surface area (Å²) >= 11 is 0. The Morgan fingerprint density at radius 3 is 2.64 bits per heavy atom. The highest BCUT2D eigenvalue weighted by atomic mass is 16.1. The average molecular weight is 190 g/mol. The third-order valence-electron chi connectivity index (χ3n) is 2.63. The lowest BCUT2D eigenvalue weighted by Gasteiger charge is -2.06. The van der Waals surface area contributed by atoms with Crippen LogP contribution in [0.2, 0.25) is 0 Å². The first-order chi connectivity index (χ1) is 6.77. The molecule has 1 aromatic rings. The maximum Gasteiger partial charge on any atom is 0.167 e. The summed E-state index contributed by atoms with van der Waals surface area (Å²) in [4.78, 5) is 11.9. The van der Waals surface area contributed by atoms with E-state index in [2.05, 4.69) is 5.32 Å². The van der Waals surface area contributed by atoms with Crippen molar-refractivity contribution in [2.24, 2.45) is 5.92 Å². The summed E-state index contributed by atoms with van der Waals surface area (Å²) in [6.07, 6.45) is 0.948. The van der Waals surface area contributed by atoms with E-state index in [4.69, 9.17) is 5.73 Å². The number of carbonyl (C=O) groups is 1. The molecule has 3 nitrogen and oxygen atoms in total. The third-order valence-corrected chi connectivity index (χ3v) is 2.63. The molecule has 1 aliphatic rings. The van der Waals surface area contributed by atoms with Crippen LogP contribution in [0.3, 0.4) is 0 Å². The van der Waals surface area contributed by atoms with Crippen LogP contribution in [-0.2, 0) is 0 Å². The molecule has 0 spiro atoms. The van der Waals surface area contributed by atoms with Crippen molar-refractivity contribution < 1.29 is 4.79 Å². The van der Waals surface area contributed by atoms with Gasteiger partial charge in [-0.3, -0.25) is 4.79 Å². The topological polar surface area (TPSA) is 55.1 Å². The summed E-state index contributed by atoms with van der Waals surface area (Å²) in [5.74, 6) is 0.383. The van der Waals surface area contributed by atoms with Gasteiger partial charge in [-0.05, 0) is 37.2 Å². The predicted molar refractivity (Wildman–Crippen MR) is 56.2 cm³/mol. The van der Waals surface area contributed by atoms with Crippen molar-refractivity contribution in [1.29, 1.82) is 0 Å². The SMILES string of the molecule is Nc1ccc(C(=O)C2CCNC2)cc1. The highest BCUT2D eigenvalue weighted by Crippen LogP contribution is 2.16. The van der Waals surface area contributed by atoms with E-state index in [9.17, 15) is 4.79 Å². The number of benzene rings is 1. The van der Waals surface area contributed by atoms with E-state index in [1.807, 2.05) is 0 Å². The zero-order chi connectivity index (χ0) is 9.97. The highest BCUT2D eigenvalue weighted by Gasteiger charge is 2.23. The van der Waals surface area contributed by atoms with Crippen molar-refractivity contribution in [3.05, 3.63) is 29.8 Å². The molecule has 1 fully saturated rings. The third kappa shape index (κ3) is 1.77. The van der Waals surface area contributed by atoms with Gasteiger partial charge in [0.2, 0.25) is 0 Å². The summed E-state index contributed by atoms with van der Waals surface area (Å²) < 4.78 is 0. The number of hydrogen-bond acceptors (Lipinski definition) is 3. The molecule has 74 valence electrons. The van der Waals surface area contributed by atoms with E-state index in [1.54, 1.807) is 24.3 Å². The number of anilines is 1. The number of hydrogen-bond donors (Lipinski definition) is 2. The minimum atomic E-state index is 0.152. The monoisotopic (exact) mass is 190 g/mol. The van der Waals surface area contributed by atoms with Crippen molar-refractivity contribution in [3.63, 3.8) is 0 Å². The van der Waals surface area contributed by atoms with Crippen molar-refractivity contribution >= 4 is 11.5 Å². The van der Waals surface area contributed by atoms with Crippen LogP contribution in [-0.4, -0.2) is 18.9 Å². The summed E-state index contributed by atoms with van der Waals surface area (Å²) in [6, 6.07) is 7.15. The molecule has 14 heavy (non-hydrogen) atoms. The first kappa shape index (κ1) is 9.21. The zero-order valence-corrected chi connectivity index (χ0v) is 7.99. The van der Waals surface area contributed by atoms with E-state index in [1.165, 1.54) is 0 Å². The van der Waals surface area contributed by atoms with Crippen LogP contribution in [0.1, 0.15) is 16.8 Å². The maximum atomic E-state index is 11.9. The van der Waals surface area contributed by atoms with Gasteiger partial charge in [0.15, 0.2) is 5.78 Å². The van der Waals surface area contributed by atoms with E-state index in [0.29, 0.717) is 5.69 Å². The van der Waals surface area contributed by atoms with Gasteiger partial charge in [-0.1, -0.05) is 0 Å². The molecule has 1 aromatic carbocycles. The van der Waals surface area contributed by atoms with Gasteiger partial charge in [0.1, 0.15) is 0 Å². The highest BCUT2D eigenvalue weighted by molar-refractivity contribution is 5.98. The fourth-order valence-electron chi connectivity index (χ4n) is 1.76. The normalized spacial score (nSPS) is 21.0. The van der Waals surface area contributed by atoms with Crippen LogP contribution < -0.4 is 11.1 Å². The van der Waals surface area contributed by atoms with E-state index < -0.39 is 0 Å². The van der Waals surface area contributed by atoms with E-state index in [0.717, 1.165) is 25.1 Å². The molecule has 0 aliphatic carbocycles. The summed E-state index contributed by atoms with van der Waals surface area (Å²) in [5, 5.41) is 3.19. The molecule has 1 aliphatic heterocycles. The van der Waals surface area contributed by atoms with Gasteiger partial charge < -0.3 is 11.1 Å². The summed E-state index contributed by atoms with van der Waals surface area (Å²) in [7, 11) is 0. The lowest BCUT2D eigenvalue weighted by molar-refractivity contribution is 0.0930. The standard InChI is InChI=1S/C11H14N2O/c12-10-3-1-8(2-4-10)11(14)9-5-6-13-7-9/h1-4,9,13H,5-7,12H2. The van der Waals surface area contributed by atoms with Crippen LogP contribution >= 0.6 is 0 Å². The Morgan fingerprint density at radius 1 is 1.36 bits per heavy atom. The minimum absolute atomic E-state index is 0.152. The predicted octanol–water partition coefficient (Wildman–Crippen LogP) is 1.06. The number of ketones is 1. The number of nitrogen functional groups attached to an aromatic ring is 1. The van der Waals surface area contributed by atoms with Gasteiger partial charge in [-0.15, -0.1) is 0 Å². The first-order valence-electron chi connectivity index (χ1n) is 4.88. The molecular weight excluding hydrogens is 176 g/mol. The fourth-order valence-corrected chi connectivity index (χ4v) is 1.76. The minimum Gasteiger partial charge on any atom is -0.399 e. The molecule has 1 atom stereocenters. The van der Waals surface area contributed by atoms with Gasteiger partial charge in [0, 0.05) is 23.7 Å². The van der Waals surface area contributed by atoms with Crippen molar-refractivity contribution in [3.8, 4) is 0 Å². The smallest absolute Gasteiger partial charge is 0.167 e. The molecule has 1 saturated heterocycles. The van der Waals surface area contributed by atoms with Crippen molar-refractivity contribution in [2.75, 3.05) is 18.8 Å². The lowest BCUT2D eigenvalue weighted by atomic mass is 9.97. The van der Waals surface area contributed by atoms with Crippen molar-refractivity contribution in [1.82, 2.24) is 5.32 Å². The Kier molecular flexibility index (Phi) is 2.50. The fraction of sp³-hybridized carbons (Fsp3) is 0.364. The van der Waals surface area contributed by atoms with Gasteiger partial charge in [-0.2, -0.15) is 0 Å². The Morgan fingerprint density at radius 2 is 2.07 bits per heavy atom. The van der Waals surface area contributed by atoms with Crippen molar-refractivity contribution in [2.45, 2.75) is 6.42 Å². The molecule has 2 rings (SSSR count). The largest absolute Gasteiger partial charge is 0.399 e. The number of nitrogens with two attached hydrogens (primary N) is 1. The number of carbonyl (C=O) groups excluding carboxylic acids is 1. The summed E-state index contributed by atoms with van der Waals surface area (Å²) in [5.41, 5.74) is 7.03. The van der Waals surface area contributed by atoms with E-state index >= 15 is 0 Å². The van der Waals surface area contributed by atoms with Crippen LogP contribution in [0.25, 0.3) is 0 Å². The molecule has 0 saturated carbocycles. The molecule has 0 amide bonds. The first-order valence-corrected chi connectivity index (χ1v) is 4.88. The van der Waals surface area contributed by atoms with Gasteiger partial charge in [0.25, 0.3) is 0 Å². The number of Topliss-reactive ketones (excluding diaryl/α,β-unsaturated/α-hetero) is 1. The average Bonchev–Trinajstić information content (AvgIpc) is 2.71. The number of rotatable bonds is 2. The maximum absolute atomic E-state index is 11.9. The molecule has 0 radical (unpaired) electrons. The molecule has 1 heterocycles. The van der Waals surface area contributed by atoms with Gasteiger partial charge in [-0.25, -0.2) is 0 Å². The lowest BCUT2D eigenvalue weighted by Crippen LogP contribution is -2.17. The molecular formula is C11H14N2O. The second kappa shape index (κ2) is 3.80. The van der Waals surface area contributed by atoms with Crippen LogP contribution in [0.4, 0.5) is 5.69 Å². The van der Waals surface area contributed by atoms with E-state index in [-0.39, 0.29) is 11.7 Å². The second-order valence-electron chi connectivity index (χ2n) is 3.68. The Balaban J connectivity index is 2.14.